The predicted octanol–water partition coefficient (Wildman–Crippen LogP) is 2.71. The second-order valence-electron chi connectivity index (χ2n) is 7.09. The zero-order valence-electron chi connectivity index (χ0n) is 15.8. The first kappa shape index (κ1) is 19.3. The van der Waals surface area contributed by atoms with Crippen molar-refractivity contribution in [2.75, 3.05) is 38.2 Å². The molecule has 7 heteroatoms. The number of morpholine rings is 1. The number of hydrogen-bond donors (Lipinski definition) is 1. The molecule has 2 aliphatic rings. The van der Waals surface area contributed by atoms with Crippen LogP contribution in [0.3, 0.4) is 0 Å². The van der Waals surface area contributed by atoms with Crippen molar-refractivity contribution < 1.29 is 19.1 Å². The normalized spacial score (nSPS) is 21.7. The fourth-order valence-corrected chi connectivity index (χ4v) is 5.01. The molecular formula is C19H28N2O4S. The van der Waals surface area contributed by atoms with E-state index in [4.69, 9.17) is 9.47 Å². The maximum Gasteiger partial charge on any atom is 0.341 e. The third kappa shape index (κ3) is 4.10. The minimum Gasteiger partial charge on any atom is -0.462 e. The van der Waals surface area contributed by atoms with Crippen LogP contribution in [0.5, 0.6) is 0 Å². The summed E-state index contributed by atoms with van der Waals surface area (Å²) >= 11 is 1.54. The van der Waals surface area contributed by atoms with E-state index in [1.54, 1.807) is 6.92 Å². The zero-order valence-corrected chi connectivity index (χ0v) is 16.6. The van der Waals surface area contributed by atoms with Crippen LogP contribution in [0, 0.1) is 5.92 Å². The molecule has 2 unspecified atom stereocenters. The Bertz CT molecular complexity index is 667. The Morgan fingerprint density at radius 3 is 2.81 bits per heavy atom. The first-order valence-electron chi connectivity index (χ1n) is 9.45. The molecule has 1 N–H and O–H groups in total. The summed E-state index contributed by atoms with van der Waals surface area (Å²) in [5.41, 5.74) is 1.64. The van der Waals surface area contributed by atoms with Gasteiger partial charge in [0.2, 0.25) is 5.91 Å². The van der Waals surface area contributed by atoms with Crippen LogP contribution in [-0.2, 0) is 27.1 Å². The van der Waals surface area contributed by atoms with E-state index in [2.05, 4.69) is 17.1 Å². The molecule has 6 nitrogen and oxygen atoms in total. The molecule has 1 aromatic heterocycles. The summed E-state index contributed by atoms with van der Waals surface area (Å²) in [6, 6.07) is -0.257. The summed E-state index contributed by atoms with van der Waals surface area (Å²) in [5, 5.41) is 3.66. The largest absolute Gasteiger partial charge is 0.462 e. The van der Waals surface area contributed by atoms with Gasteiger partial charge in [0.15, 0.2) is 0 Å². The molecule has 0 radical (unpaired) electrons. The number of thiophene rings is 1. The van der Waals surface area contributed by atoms with Gasteiger partial charge in [-0.25, -0.2) is 4.79 Å². The van der Waals surface area contributed by atoms with Gasteiger partial charge in [-0.05, 0) is 44.6 Å². The third-order valence-corrected chi connectivity index (χ3v) is 6.37. The Morgan fingerprint density at radius 1 is 1.38 bits per heavy atom. The number of esters is 1. The van der Waals surface area contributed by atoms with E-state index in [0.29, 0.717) is 36.3 Å². The smallest absolute Gasteiger partial charge is 0.341 e. The van der Waals surface area contributed by atoms with Crippen LogP contribution in [0.15, 0.2) is 0 Å². The first-order chi connectivity index (χ1) is 12.5. The van der Waals surface area contributed by atoms with Crippen LogP contribution < -0.4 is 5.32 Å². The van der Waals surface area contributed by atoms with E-state index < -0.39 is 0 Å². The van der Waals surface area contributed by atoms with Gasteiger partial charge in [0.1, 0.15) is 5.00 Å². The Kier molecular flexibility index (Phi) is 6.32. The summed E-state index contributed by atoms with van der Waals surface area (Å²) in [5.74, 6) is 0.199. The third-order valence-electron chi connectivity index (χ3n) is 5.20. The minimum atomic E-state index is -0.325. The van der Waals surface area contributed by atoms with E-state index in [1.807, 2.05) is 6.92 Å². The van der Waals surface area contributed by atoms with Gasteiger partial charge in [-0.3, -0.25) is 9.69 Å². The maximum atomic E-state index is 12.8. The van der Waals surface area contributed by atoms with Gasteiger partial charge in [-0.2, -0.15) is 0 Å². The minimum absolute atomic E-state index is 0.0795. The number of amides is 1. The highest BCUT2D eigenvalue weighted by Crippen LogP contribution is 2.40. The molecular weight excluding hydrogens is 352 g/mol. The Morgan fingerprint density at radius 2 is 2.12 bits per heavy atom. The van der Waals surface area contributed by atoms with Crippen molar-refractivity contribution in [3.05, 3.63) is 16.0 Å². The quantitative estimate of drug-likeness (QED) is 0.796. The molecule has 2 heterocycles. The Balaban J connectivity index is 1.81. The van der Waals surface area contributed by atoms with Gasteiger partial charge < -0.3 is 14.8 Å². The van der Waals surface area contributed by atoms with E-state index in [-0.39, 0.29) is 17.9 Å². The molecule has 26 heavy (non-hydrogen) atoms. The number of nitrogens with zero attached hydrogens (tertiary/aromatic N) is 1. The maximum absolute atomic E-state index is 12.8. The fraction of sp³-hybridized carbons (Fsp3) is 0.684. The van der Waals surface area contributed by atoms with Gasteiger partial charge in [0, 0.05) is 18.0 Å². The van der Waals surface area contributed by atoms with Crippen LogP contribution in [0.2, 0.25) is 0 Å². The van der Waals surface area contributed by atoms with Crippen LogP contribution in [0.4, 0.5) is 5.00 Å². The molecule has 2 atom stereocenters. The van der Waals surface area contributed by atoms with Crippen LogP contribution in [-0.4, -0.2) is 55.7 Å². The molecule has 1 saturated heterocycles. The summed E-state index contributed by atoms with van der Waals surface area (Å²) in [6.07, 6.45) is 2.89. The lowest BCUT2D eigenvalue weighted by Gasteiger charge is -2.31. The van der Waals surface area contributed by atoms with Gasteiger partial charge in [-0.15, -0.1) is 11.3 Å². The summed E-state index contributed by atoms with van der Waals surface area (Å²) < 4.78 is 10.6. The van der Waals surface area contributed by atoms with Crippen LogP contribution >= 0.6 is 11.3 Å². The number of carbonyl (C=O) groups excluding carboxylic acids is 2. The van der Waals surface area contributed by atoms with Gasteiger partial charge in [0.25, 0.3) is 0 Å². The zero-order chi connectivity index (χ0) is 18.7. The molecule has 1 fully saturated rings. The van der Waals surface area contributed by atoms with Crippen molar-refractivity contribution in [2.45, 2.75) is 46.1 Å². The predicted molar refractivity (Wildman–Crippen MR) is 102 cm³/mol. The van der Waals surface area contributed by atoms with Crippen molar-refractivity contribution in [3.8, 4) is 0 Å². The number of fused-ring (bicyclic) bond motifs is 1. The lowest BCUT2D eigenvalue weighted by molar-refractivity contribution is -0.122. The number of rotatable bonds is 5. The highest BCUT2D eigenvalue weighted by atomic mass is 32.1. The van der Waals surface area contributed by atoms with E-state index in [0.717, 1.165) is 37.9 Å². The van der Waals surface area contributed by atoms with E-state index >= 15 is 0 Å². The van der Waals surface area contributed by atoms with Gasteiger partial charge in [0.05, 0.1) is 31.4 Å². The van der Waals surface area contributed by atoms with Crippen molar-refractivity contribution in [1.29, 1.82) is 0 Å². The Hall–Kier alpha value is -1.44. The monoisotopic (exact) mass is 380 g/mol. The molecule has 0 bridgehead atoms. The number of nitrogens with one attached hydrogen (secondary N) is 1. The molecule has 1 amide bonds. The molecule has 1 aliphatic carbocycles. The average molecular weight is 381 g/mol. The summed E-state index contributed by atoms with van der Waals surface area (Å²) in [7, 11) is 0. The summed E-state index contributed by atoms with van der Waals surface area (Å²) in [4.78, 5) is 28.6. The molecule has 0 saturated carbocycles. The molecule has 1 aromatic rings. The van der Waals surface area contributed by atoms with Crippen LogP contribution in [0.25, 0.3) is 0 Å². The van der Waals surface area contributed by atoms with Crippen LogP contribution in [0.1, 0.15) is 48.0 Å². The molecule has 144 valence electrons. The van der Waals surface area contributed by atoms with Gasteiger partial charge >= 0.3 is 5.97 Å². The number of carbonyl (C=O) groups is 2. The average Bonchev–Trinajstić information content (AvgIpc) is 2.98. The lowest BCUT2D eigenvalue weighted by Crippen LogP contribution is -2.47. The lowest BCUT2D eigenvalue weighted by atomic mass is 9.88. The SMILES string of the molecule is CCOC(=O)c1c(NC(=O)C(C)N2CCOCC2)sc2c1CCC(C)C2. The standard InChI is InChI=1S/C19H28N2O4S/c1-4-25-19(23)16-14-6-5-12(2)11-15(14)26-18(16)20-17(22)13(3)21-7-9-24-10-8-21/h12-13H,4-11H2,1-3H3,(H,20,22). The molecule has 1 aliphatic heterocycles. The van der Waals surface area contributed by atoms with E-state index in [9.17, 15) is 9.59 Å². The summed E-state index contributed by atoms with van der Waals surface area (Å²) in [6.45, 7) is 9.06. The van der Waals surface area contributed by atoms with Gasteiger partial charge in [-0.1, -0.05) is 6.92 Å². The molecule has 0 spiro atoms. The number of ether oxygens (including phenoxy) is 2. The van der Waals surface area contributed by atoms with Crippen molar-refractivity contribution in [3.63, 3.8) is 0 Å². The Labute approximate surface area is 158 Å². The second kappa shape index (κ2) is 8.50. The second-order valence-corrected chi connectivity index (χ2v) is 8.20. The number of anilines is 1. The topological polar surface area (TPSA) is 67.9 Å². The fourth-order valence-electron chi connectivity index (χ4n) is 3.60. The first-order valence-corrected chi connectivity index (χ1v) is 10.3. The van der Waals surface area contributed by atoms with E-state index in [1.165, 1.54) is 16.2 Å². The molecule has 0 aromatic carbocycles. The van der Waals surface area contributed by atoms with Crippen molar-refractivity contribution in [1.82, 2.24) is 4.90 Å². The van der Waals surface area contributed by atoms with Crippen molar-refractivity contribution in [2.24, 2.45) is 5.92 Å². The van der Waals surface area contributed by atoms with Crippen molar-refractivity contribution >= 4 is 28.2 Å². The highest BCUT2D eigenvalue weighted by Gasteiger charge is 2.31. The number of hydrogen-bond acceptors (Lipinski definition) is 6. The molecule has 3 rings (SSSR count). The highest BCUT2D eigenvalue weighted by molar-refractivity contribution is 7.17.